The Balaban J connectivity index is 2.02. The molecule has 1 atom stereocenters. The number of hydrogen-bond donors (Lipinski definition) is 1. The molecule has 0 fully saturated rings. The molecule has 5 nitrogen and oxygen atoms in total. The third kappa shape index (κ3) is 1.76. The maximum absolute atomic E-state index is 12.4. The van der Waals surface area contributed by atoms with Crippen LogP contribution in [0.2, 0.25) is 0 Å². The molecular formula is C18H15NO4. The molecule has 1 spiro atoms. The molecule has 0 aromatic heterocycles. The molecule has 23 heavy (non-hydrogen) atoms. The first-order valence-electron chi connectivity index (χ1n) is 7.22. The fourth-order valence-corrected chi connectivity index (χ4v) is 3.21. The van der Waals surface area contributed by atoms with E-state index in [9.17, 15) is 4.79 Å². The average molecular weight is 309 g/mol. The molecular weight excluding hydrogens is 294 g/mol. The highest BCUT2D eigenvalue weighted by Crippen LogP contribution is 2.46. The number of nitrogens with one attached hydrogen (secondary N) is 1. The van der Waals surface area contributed by atoms with E-state index >= 15 is 0 Å². The number of amides is 1. The first-order chi connectivity index (χ1) is 11.2. The molecule has 2 aliphatic heterocycles. The Morgan fingerprint density at radius 1 is 1.09 bits per heavy atom. The van der Waals surface area contributed by atoms with Gasteiger partial charge in [0.05, 0.1) is 20.5 Å². The van der Waals surface area contributed by atoms with Gasteiger partial charge < -0.3 is 19.5 Å². The number of rotatable bonds is 2. The lowest BCUT2D eigenvalue weighted by Crippen LogP contribution is -2.43. The SMILES string of the molecule is COc1cc(OC)c2c(c1)C1(NC(=O)c3ccccc31)OC=C2. The topological polar surface area (TPSA) is 56.8 Å². The zero-order valence-corrected chi connectivity index (χ0v) is 12.8. The van der Waals surface area contributed by atoms with Crippen LogP contribution in [0.5, 0.6) is 11.5 Å². The number of ether oxygens (including phenoxy) is 3. The Morgan fingerprint density at radius 3 is 2.70 bits per heavy atom. The summed E-state index contributed by atoms with van der Waals surface area (Å²) in [4.78, 5) is 12.4. The Hall–Kier alpha value is -2.95. The molecule has 0 aliphatic carbocycles. The van der Waals surface area contributed by atoms with Gasteiger partial charge in [-0.05, 0) is 18.2 Å². The van der Waals surface area contributed by atoms with Gasteiger partial charge in [-0.15, -0.1) is 0 Å². The molecule has 0 radical (unpaired) electrons. The van der Waals surface area contributed by atoms with Gasteiger partial charge in [-0.25, -0.2) is 0 Å². The van der Waals surface area contributed by atoms with Gasteiger partial charge in [0.25, 0.3) is 5.91 Å². The van der Waals surface area contributed by atoms with Crippen molar-refractivity contribution in [3.05, 3.63) is 64.9 Å². The number of carbonyl (C=O) groups is 1. The monoisotopic (exact) mass is 309 g/mol. The molecule has 2 heterocycles. The van der Waals surface area contributed by atoms with Gasteiger partial charge in [0.15, 0.2) is 0 Å². The highest BCUT2D eigenvalue weighted by Gasteiger charge is 2.49. The Morgan fingerprint density at radius 2 is 1.91 bits per heavy atom. The van der Waals surface area contributed by atoms with Gasteiger partial charge in [0.2, 0.25) is 5.72 Å². The van der Waals surface area contributed by atoms with Crippen molar-refractivity contribution in [2.75, 3.05) is 14.2 Å². The normalized spacial score (nSPS) is 20.5. The van der Waals surface area contributed by atoms with E-state index in [2.05, 4.69) is 5.32 Å². The summed E-state index contributed by atoms with van der Waals surface area (Å²) in [5, 5.41) is 2.97. The van der Waals surface area contributed by atoms with E-state index in [1.54, 1.807) is 26.5 Å². The summed E-state index contributed by atoms with van der Waals surface area (Å²) in [6, 6.07) is 11.1. The quantitative estimate of drug-likeness (QED) is 0.926. The predicted molar refractivity (Wildman–Crippen MR) is 84.4 cm³/mol. The average Bonchev–Trinajstić information content (AvgIpc) is 2.88. The Labute approximate surface area is 133 Å². The van der Waals surface area contributed by atoms with E-state index in [-0.39, 0.29) is 5.91 Å². The summed E-state index contributed by atoms with van der Waals surface area (Å²) < 4.78 is 16.8. The van der Waals surface area contributed by atoms with Crippen LogP contribution in [-0.4, -0.2) is 20.1 Å². The van der Waals surface area contributed by atoms with Crippen LogP contribution in [0.1, 0.15) is 27.0 Å². The van der Waals surface area contributed by atoms with Gasteiger partial charge in [-0.3, -0.25) is 4.79 Å². The molecule has 4 rings (SSSR count). The minimum absolute atomic E-state index is 0.163. The maximum atomic E-state index is 12.4. The fraction of sp³-hybridized carbons (Fsp3) is 0.167. The number of methoxy groups -OCH3 is 2. The molecule has 5 heteroatoms. The van der Waals surface area contributed by atoms with E-state index in [0.29, 0.717) is 17.1 Å². The van der Waals surface area contributed by atoms with Crippen molar-refractivity contribution in [2.24, 2.45) is 0 Å². The van der Waals surface area contributed by atoms with Crippen LogP contribution in [-0.2, 0) is 10.5 Å². The van der Waals surface area contributed by atoms with Crippen LogP contribution >= 0.6 is 0 Å². The third-order valence-electron chi connectivity index (χ3n) is 4.27. The predicted octanol–water partition coefficient (Wildman–Crippen LogP) is 2.65. The van der Waals surface area contributed by atoms with E-state index in [0.717, 1.165) is 16.7 Å². The zero-order valence-electron chi connectivity index (χ0n) is 12.8. The Bertz CT molecular complexity index is 843. The highest BCUT2D eigenvalue weighted by atomic mass is 16.5. The van der Waals surface area contributed by atoms with Crippen LogP contribution in [0.25, 0.3) is 6.08 Å². The minimum Gasteiger partial charge on any atom is -0.497 e. The van der Waals surface area contributed by atoms with Crippen molar-refractivity contribution in [3.8, 4) is 11.5 Å². The first-order valence-corrected chi connectivity index (χ1v) is 7.22. The van der Waals surface area contributed by atoms with Crippen LogP contribution in [0.3, 0.4) is 0 Å². The van der Waals surface area contributed by atoms with Crippen molar-refractivity contribution in [2.45, 2.75) is 5.72 Å². The van der Waals surface area contributed by atoms with Crippen molar-refractivity contribution < 1.29 is 19.0 Å². The van der Waals surface area contributed by atoms with Gasteiger partial charge in [-0.2, -0.15) is 0 Å². The third-order valence-corrected chi connectivity index (χ3v) is 4.27. The van der Waals surface area contributed by atoms with Crippen LogP contribution in [0.4, 0.5) is 0 Å². The second-order valence-electron chi connectivity index (χ2n) is 5.39. The van der Waals surface area contributed by atoms with E-state index in [1.165, 1.54) is 0 Å². The lowest BCUT2D eigenvalue weighted by atomic mass is 9.88. The van der Waals surface area contributed by atoms with E-state index < -0.39 is 5.72 Å². The zero-order chi connectivity index (χ0) is 16.0. The number of hydrogen-bond acceptors (Lipinski definition) is 4. The van der Waals surface area contributed by atoms with Crippen molar-refractivity contribution in [1.82, 2.24) is 5.32 Å². The smallest absolute Gasteiger partial charge is 0.255 e. The number of benzene rings is 2. The van der Waals surface area contributed by atoms with Gasteiger partial charge in [0, 0.05) is 28.3 Å². The molecule has 2 aromatic rings. The molecule has 0 bridgehead atoms. The van der Waals surface area contributed by atoms with E-state index in [1.807, 2.05) is 36.4 Å². The largest absolute Gasteiger partial charge is 0.497 e. The molecule has 0 saturated carbocycles. The summed E-state index contributed by atoms with van der Waals surface area (Å²) in [5.41, 5.74) is 1.98. The standard InChI is InChI=1S/C18H15NO4/c1-21-11-9-15-12(16(10-11)22-2)7-8-23-18(15)14-6-4-3-5-13(14)17(20)19-18/h3-10H,1-2H3,(H,19,20). The van der Waals surface area contributed by atoms with Crippen molar-refractivity contribution >= 4 is 12.0 Å². The number of carbonyl (C=O) groups excluding carboxylic acids is 1. The summed E-state index contributed by atoms with van der Waals surface area (Å²) in [7, 11) is 3.20. The summed E-state index contributed by atoms with van der Waals surface area (Å²) >= 11 is 0. The lowest BCUT2D eigenvalue weighted by Gasteiger charge is -2.34. The molecule has 1 N–H and O–H groups in total. The van der Waals surface area contributed by atoms with Crippen molar-refractivity contribution in [3.63, 3.8) is 0 Å². The van der Waals surface area contributed by atoms with E-state index in [4.69, 9.17) is 14.2 Å². The molecule has 1 amide bonds. The molecule has 1 unspecified atom stereocenters. The van der Waals surface area contributed by atoms with Crippen LogP contribution in [0.15, 0.2) is 42.7 Å². The minimum atomic E-state index is -1.06. The summed E-state index contributed by atoms with van der Waals surface area (Å²) in [6.07, 6.45) is 3.41. The second kappa shape index (κ2) is 4.78. The van der Waals surface area contributed by atoms with Gasteiger partial charge in [0.1, 0.15) is 11.5 Å². The summed E-state index contributed by atoms with van der Waals surface area (Å²) in [6.45, 7) is 0. The second-order valence-corrected chi connectivity index (χ2v) is 5.39. The van der Waals surface area contributed by atoms with Gasteiger partial charge in [-0.1, -0.05) is 18.2 Å². The number of fused-ring (bicyclic) bond motifs is 4. The highest BCUT2D eigenvalue weighted by molar-refractivity contribution is 6.00. The van der Waals surface area contributed by atoms with Crippen molar-refractivity contribution in [1.29, 1.82) is 0 Å². The van der Waals surface area contributed by atoms with Crippen LogP contribution in [0, 0.1) is 0 Å². The lowest BCUT2D eigenvalue weighted by molar-refractivity contribution is 0.0302. The van der Waals surface area contributed by atoms with Gasteiger partial charge >= 0.3 is 0 Å². The Kier molecular flexibility index (Phi) is 2.84. The summed E-state index contributed by atoms with van der Waals surface area (Å²) in [5.74, 6) is 1.14. The molecule has 2 aromatic carbocycles. The molecule has 116 valence electrons. The maximum Gasteiger partial charge on any atom is 0.255 e. The first kappa shape index (κ1) is 13.7. The van der Waals surface area contributed by atoms with Crippen LogP contribution < -0.4 is 14.8 Å². The molecule has 0 saturated heterocycles. The fourth-order valence-electron chi connectivity index (χ4n) is 3.21. The molecule has 2 aliphatic rings.